The van der Waals surface area contributed by atoms with Gasteiger partial charge in [0.15, 0.2) is 0 Å². The second-order valence-electron chi connectivity index (χ2n) is 4.03. The number of hydrogen-bond donors (Lipinski definition) is 1. The van der Waals surface area contributed by atoms with Gasteiger partial charge in [0, 0.05) is 36.6 Å². The van der Waals surface area contributed by atoms with E-state index < -0.39 is 0 Å². The lowest BCUT2D eigenvalue weighted by Crippen LogP contribution is -2.32. The molecule has 0 saturated carbocycles. The number of nitrogens with zero attached hydrogens (tertiary/aromatic N) is 2. The smallest absolute Gasteiger partial charge is 0.300 e. The predicted octanol–water partition coefficient (Wildman–Crippen LogP) is 0.737. The number of aromatic nitrogens is 3. The van der Waals surface area contributed by atoms with Gasteiger partial charge in [0.05, 0.1) is 0 Å². The van der Waals surface area contributed by atoms with Crippen LogP contribution < -0.4 is 11.2 Å². The second-order valence-corrected chi connectivity index (χ2v) is 4.03. The van der Waals surface area contributed by atoms with Gasteiger partial charge in [-0.05, 0) is 18.6 Å². The van der Waals surface area contributed by atoms with E-state index in [4.69, 9.17) is 0 Å². The van der Waals surface area contributed by atoms with E-state index in [1.165, 1.54) is 4.57 Å². The lowest BCUT2D eigenvalue weighted by molar-refractivity contribution is 0.631. The number of aromatic amines is 1. The van der Waals surface area contributed by atoms with Gasteiger partial charge in [-0.15, -0.1) is 0 Å². The third kappa shape index (κ3) is 2.74. The summed E-state index contributed by atoms with van der Waals surface area (Å²) in [7, 11) is 0. The molecule has 5 heteroatoms. The molecule has 0 aliphatic rings. The van der Waals surface area contributed by atoms with Gasteiger partial charge in [-0.1, -0.05) is 13.0 Å². The van der Waals surface area contributed by atoms with Gasteiger partial charge in [-0.25, -0.2) is 4.79 Å². The highest BCUT2D eigenvalue weighted by atomic mass is 16.2. The minimum Gasteiger partial charge on any atom is -0.300 e. The highest BCUT2D eigenvalue weighted by molar-refractivity contribution is 5.06. The first kappa shape index (κ1) is 12.3. The average molecular weight is 245 g/mol. The van der Waals surface area contributed by atoms with E-state index in [0.717, 1.165) is 5.69 Å². The van der Waals surface area contributed by atoms with Crippen molar-refractivity contribution >= 4 is 0 Å². The average Bonchev–Trinajstić information content (AvgIpc) is 2.39. The zero-order valence-electron chi connectivity index (χ0n) is 10.2. The Bertz CT molecular complexity index is 629. The molecule has 0 bridgehead atoms. The van der Waals surface area contributed by atoms with E-state index in [2.05, 4.69) is 9.97 Å². The Morgan fingerprint density at radius 3 is 2.83 bits per heavy atom. The Balaban J connectivity index is 2.20. The van der Waals surface area contributed by atoms with Crippen LogP contribution in [0.3, 0.4) is 0 Å². The molecule has 2 heterocycles. The molecule has 94 valence electrons. The summed E-state index contributed by atoms with van der Waals surface area (Å²) in [5, 5.41) is 0. The van der Waals surface area contributed by atoms with Gasteiger partial charge in [0.1, 0.15) is 0 Å². The highest BCUT2D eigenvalue weighted by Gasteiger charge is 2.03. The Morgan fingerprint density at radius 2 is 2.17 bits per heavy atom. The fraction of sp³-hybridized carbons (Fsp3) is 0.308. The third-order valence-electron chi connectivity index (χ3n) is 2.80. The summed E-state index contributed by atoms with van der Waals surface area (Å²) in [6.45, 7) is 2.40. The topological polar surface area (TPSA) is 67.8 Å². The Labute approximate surface area is 104 Å². The molecular formula is C13H15N3O2. The van der Waals surface area contributed by atoms with Crippen molar-refractivity contribution in [2.75, 3.05) is 0 Å². The number of rotatable bonds is 4. The second kappa shape index (κ2) is 5.44. The SMILES string of the molecule is CCc1cn(CCc2ccccn2)c(=O)[nH]c1=O. The van der Waals surface area contributed by atoms with Crippen molar-refractivity contribution in [2.45, 2.75) is 26.3 Å². The summed E-state index contributed by atoms with van der Waals surface area (Å²) in [5.41, 5.74) is 0.883. The van der Waals surface area contributed by atoms with E-state index in [1.54, 1.807) is 12.4 Å². The molecule has 0 atom stereocenters. The molecule has 1 N–H and O–H groups in total. The van der Waals surface area contributed by atoms with Crippen LogP contribution in [-0.2, 0) is 19.4 Å². The van der Waals surface area contributed by atoms with Crippen LogP contribution in [0.1, 0.15) is 18.2 Å². The van der Waals surface area contributed by atoms with Gasteiger partial charge in [-0.3, -0.25) is 19.3 Å². The molecule has 0 aliphatic carbocycles. The normalized spacial score (nSPS) is 10.5. The summed E-state index contributed by atoms with van der Waals surface area (Å²) in [6.07, 6.45) is 4.63. The number of pyridine rings is 1. The fourth-order valence-corrected chi connectivity index (χ4v) is 1.75. The molecule has 2 aromatic rings. The number of aryl methyl sites for hydroxylation is 3. The van der Waals surface area contributed by atoms with Crippen molar-refractivity contribution < 1.29 is 0 Å². The van der Waals surface area contributed by atoms with Crippen LogP contribution >= 0.6 is 0 Å². The van der Waals surface area contributed by atoms with E-state index in [9.17, 15) is 9.59 Å². The summed E-state index contributed by atoms with van der Waals surface area (Å²) in [4.78, 5) is 29.6. The van der Waals surface area contributed by atoms with Crippen LogP contribution in [0.2, 0.25) is 0 Å². The van der Waals surface area contributed by atoms with Gasteiger partial charge in [-0.2, -0.15) is 0 Å². The van der Waals surface area contributed by atoms with Crippen LogP contribution in [0.25, 0.3) is 0 Å². The number of H-pyrrole nitrogens is 1. The zero-order chi connectivity index (χ0) is 13.0. The summed E-state index contributed by atoms with van der Waals surface area (Å²) < 4.78 is 1.52. The summed E-state index contributed by atoms with van der Waals surface area (Å²) >= 11 is 0. The Kier molecular flexibility index (Phi) is 3.72. The molecule has 2 rings (SSSR count). The maximum Gasteiger partial charge on any atom is 0.328 e. The first-order valence-corrected chi connectivity index (χ1v) is 5.93. The molecule has 0 aromatic carbocycles. The number of nitrogens with one attached hydrogen (secondary N) is 1. The fourth-order valence-electron chi connectivity index (χ4n) is 1.75. The lowest BCUT2D eigenvalue weighted by atomic mass is 10.2. The van der Waals surface area contributed by atoms with Gasteiger partial charge >= 0.3 is 5.69 Å². The van der Waals surface area contributed by atoms with Gasteiger partial charge in [0.2, 0.25) is 0 Å². The Hall–Kier alpha value is -2.17. The molecule has 0 unspecified atom stereocenters. The van der Waals surface area contributed by atoms with E-state index in [1.807, 2.05) is 25.1 Å². The lowest BCUT2D eigenvalue weighted by Gasteiger charge is -2.06. The summed E-state index contributed by atoms with van der Waals surface area (Å²) in [5.74, 6) is 0. The van der Waals surface area contributed by atoms with Crippen molar-refractivity contribution in [3.8, 4) is 0 Å². The van der Waals surface area contributed by atoms with Crippen molar-refractivity contribution in [3.63, 3.8) is 0 Å². The minimum atomic E-state index is -0.367. The van der Waals surface area contributed by atoms with Crippen molar-refractivity contribution in [2.24, 2.45) is 0 Å². The largest absolute Gasteiger partial charge is 0.328 e. The van der Waals surface area contributed by atoms with Gasteiger partial charge in [0.25, 0.3) is 5.56 Å². The first-order chi connectivity index (χ1) is 8.70. The van der Waals surface area contributed by atoms with E-state index in [-0.39, 0.29) is 11.2 Å². The molecule has 2 aromatic heterocycles. The van der Waals surface area contributed by atoms with Crippen LogP contribution in [0.15, 0.2) is 40.2 Å². The predicted molar refractivity (Wildman–Crippen MR) is 68.6 cm³/mol. The van der Waals surface area contributed by atoms with E-state index >= 15 is 0 Å². The standard InChI is InChI=1S/C13H15N3O2/c1-2-10-9-16(13(18)15-12(10)17)8-6-11-5-3-4-7-14-11/h3-5,7,9H,2,6,8H2,1H3,(H,15,17,18). The van der Waals surface area contributed by atoms with Crippen molar-refractivity contribution in [1.29, 1.82) is 0 Å². The number of hydrogen-bond acceptors (Lipinski definition) is 3. The van der Waals surface area contributed by atoms with Crippen LogP contribution in [0, 0.1) is 0 Å². The third-order valence-corrected chi connectivity index (χ3v) is 2.80. The molecule has 5 nitrogen and oxygen atoms in total. The molecule has 0 saturated heterocycles. The Morgan fingerprint density at radius 1 is 1.33 bits per heavy atom. The first-order valence-electron chi connectivity index (χ1n) is 5.93. The van der Waals surface area contributed by atoms with Crippen LogP contribution in [-0.4, -0.2) is 14.5 Å². The quantitative estimate of drug-likeness (QED) is 0.863. The molecule has 0 fully saturated rings. The van der Waals surface area contributed by atoms with E-state index in [0.29, 0.717) is 24.9 Å². The minimum absolute atomic E-state index is 0.295. The molecule has 0 aliphatic heterocycles. The van der Waals surface area contributed by atoms with Crippen LogP contribution in [0.5, 0.6) is 0 Å². The van der Waals surface area contributed by atoms with Crippen molar-refractivity contribution in [1.82, 2.24) is 14.5 Å². The maximum atomic E-state index is 11.6. The molecule has 0 amide bonds. The maximum absolute atomic E-state index is 11.6. The van der Waals surface area contributed by atoms with Crippen molar-refractivity contribution in [3.05, 3.63) is 62.7 Å². The summed E-state index contributed by atoms with van der Waals surface area (Å²) in [6, 6.07) is 5.68. The van der Waals surface area contributed by atoms with Crippen LogP contribution in [0.4, 0.5) is 0 Å². The molecule has 0 spiro atoms. The zero-order valence-corrected chi connectivity index (χ0v) is 10.2. The molecular weight excluding hydrogens is 230 g/mol. The molecule has 0 radical (unpaired) electrons. The monoisotopic (exact) mass is 245 g/mol. The van der Waals surface area contributed by atoms with Gasteiger partial charge < -0.3 is 0 Å². The highest BCUT2D eigenvalue weighted by Crippen LogP contribution is 1.97. The molecule has 18 heavy (non-hydrogen) atoms.